The first-order chi connectivity index (χ1) is 73.6. The lowest BCUT2D eigenvalue weighted by Gasteiger charge is -2.48. The second-order valence-corrected chi connectivity index (χ2v) is 52.7. The molecule has 2 aliphatic heterocycles. The van der Waals surface area contributed by atoms with Crippen molar-refractivity contribution in [3.63, 3.8) is 0 Å². The Balaban J connectivity index is 0.596. The molecular formula is C140H16N2O6. The highest BCUT2D eigenvalue weighted by Gasteiger charge is 2.80. The number of fused-ring (bicyclic) bond motifs is 2. The molecule has 0 radical (unpaired) electrons. The van der Waals surface area contributed by atoms with Gasteiger partial charge in [-0.05, 0) is 650 Å². The maximum atomic E-state index is 9.17. The van der Waals surface area contributed by atoms with Crippen molar-refractivity contribution < 1.29 is 28.6 Å². The van der Waals surface area contributed by atoms with Crippen molar-refractivity contribution in [1.29, 1.82) is 0 Å². The van der Waals surface area contributed by atoms with Crippen LogP contribution in [0.5, 0.6) is 23.0 Å². The van der Waals surface area contributed by atoms with E-state index in [4.69, 9.17) is 38.9 Å². The molecule has 0 aromatic heterocycles. The quantitative estimate of drug-likeness (QED) is 0.122. The van der Waals surface area contributed by atoms with Crippen molar-refractivity contribution in [3.05, 3.63) is 79.9 Å². The number of ether oxygens (including phenoxy) is 4. The molecule has 4 spiro atoms. The number of hydrogen-bond acceptors (Lipinski definition) is 8. The summed E-state index contributed by atoms with van der Waals surface area (Å²) < 4.78 is 28.7. The van der Waals surface area contributed by atoms with E-state index in [2.05, 4.69) is 24.3 Å². The monoisotopic (exact) mass is 1820 g/mol. The molecule has 0 unspecified atom stereocenters. The van der Waals surface area contributed by atoms with Crippen LogP contribution in [-0.2, 0) is 31.7 Å². The van der Waals surface area contributed by atoms with Gasteiger partial charge in [-0.1, -0.05) is 10.3 Å². The molecular weight excluding hydrogens is 1810 g/mol. The largest absolute Gasteiger partial charge is 0.493 e. The minimum Gasteiger partial charge on any atom is -0.493 e. The van der Waals surface area contributed by atoms with E-state index in [1.165, 1.54) is 325 Å². The molecule has 0 N–H and O–H groups in total. The Morgan fingerprint density at radius 2 is 0.230 bits per heavy atom. The van der Waals surface area contributed by atoms with Gasteiger partial charge in [0.15, 0.2) is 23.0 Å². The van der Waals surface area contributed by atoms with Gasteiger partial charge in [-0.15, -0.1) is 0 Å². The van der Waals surface area contributed by atoms with Gasteiger partial charge in [0.25, 0.3) is 0 Å². The maximum Gasteiger partial charge on any atom is 0.209 e. The third-order valence-corrected chi connectivity index (χ3v) is 52.3. The van der Waals surface area contributed by atoms with Gasteiger partial charge in [0.2, 0.25) is 11.2 Å². The summed E-state index contributed by atoms with van der Waals surface area (Å²) in [4.78, 5) is 18.3. The third-order valence-electron chi connectivity index (χ3n) is 52.3. The first kappa shape index (κ1) is 55.8. The molecule has 59 aromatic rings. The fraction of sp³-hybridized carbons (Fsp3) is 0.0571. The van der Waals surface area contributed by atoms with Gasteiger partial charge < -0.3 is 28.6 Å². The van der Waals surface area contributed by atoms with E-state index in [0.717, 1.165) is 44.1 Å². The SMILES string of the molecule is COc1cc2c(C3=NOC45c6c7c8c9c%10c%11c(c%12c%13c4c4c6c6c%14c7c7c8c8c%10c%10c%15c%11c%11c%12c%12c%13c%13c4c4c6c6c%14c%14c7c7c8c%10c8c%10c%15c%11c%11c%12c%12c%13c4c4c6c6c%14c7c8c7c%10c%11c%12c4c67)C395)c3cc(OC)c(OC)cc3c(C3=NOC45c6c7c8c9c%10c%11c(c%12c%13c4c4c6c6c%14c7c7c8c8c%10c%10c%15c%11c%11c%12c%12c%13c%13c4c4c6c6c%14c%14c7c7c8c%10c8c%10c%15c%11c%11c%12c%12c%13c4c4c6c6c%14c7c8c7c%10c%11c%12c4c67)C395)c2cc1OC. The molecule has 0 atom stereocenters. The Morgan fingerprint density at radius 1 is 0.135 bits per heavy atom. The highest BCUT2D eigenvalue weighted by Crippen LogP contribution is 2.92. The lowest BCUT2D eigenvalue weighted by Crippen LogP contribution is -2.54. The Labute approximate surface area is 801 Å². The van der Waals surface area contributed by atoms with Gasteiger partial charge in [0.05, 0.1) is 28.4 Å². The molecule has 0 fully saturated rings. The van der Waals surface area contributed by atoms with Gasteiger partial charge in [-0.2, -0.15) is 0 Å². The van der Waals surface area contributed by atoms with E-state index >= 15 is 0 Å². The van der Waals surface area contributed by atoms with Crippen molar-refractivity contribution >= 4 is 615 Å². The predicted molar refractivity (Wildman–Crippen MR) is 611 cm³/mol. The van der Waals surface area contributed by atoms with Crippen LogP contribution in [-0.4, -0.2) is 39.9 Å². The standard InChI is InChI=1S/C140H16N2O6/c1-143-13-5-9-10(6-14(13)144-2)18(136-138-129-113-97-77-57-41-25-20-22-29-37-33(25)49-65-53(37)73-61-45(29)46-30(22)38-34-26(20)42(41)58-70-50(34)66-54(38)74-62(46)82-81(61)105-93(73)109-89(65)101(85(97)69(49)57)117(129)121(109)133-125(105)126-106(82)94(74)110-90(66)102-86(70)98(78(58)77)114(113)130(138)118(102)122(110)134(126)140(133,138)148-142-136)12-8-16(146-4)15(145-3)7-11(12)17(9)135-137-127-111-95-75-55-39-23-19-21-27-35-31(23)47-63-51(35)71-59-43(27)44-28(21)36-32-24(19)40(39)56-68-48(32)64-52(36)72-60(44)80-79(59)103-91(71)107-87(63)99(83(95)67(47)55)115(127)119(107)131-123(103)124-104(80)92(72)108-88(64)100-84(68)96(76(56)75)112(111)128(137)116(100)120(108)132(124)139(131,137)147-141-135/h5-8H,1-4H3. The van der Waals surface area contributed by atoms with E-state index < -0.39 is 22.0 Å². The van der Waals surface area contributed by atoms with Gasteiger partial charge in [-0.3, -0.25) is 0 Å². The summed E-state index contributed by atoms with van der Waals surface area (Å²) in [6, 6.07) is 9.72. The van der Waals surface area contributed by atoms with Crippen molar-refractivity contribution in [1.82, 2.24) is 0 Å². The molecule has 10 aliphatic rings. The van der Waals surface area contributed by atoms with Crippen LogP contribution in [0.3, 0.4) is 0 Å². The molecule has 59 aromatic carbocycles. The van der Waals surface area contributed by atoms with Crippen molar-refractivity contribution in [3.8, 4) is 23.0 Å². The number of methoxy groups -OCH3 is 4. The lowest BCUT2D eigenvalue weighted by atomic mass is 9.51. The number of rotatable bonds is 6. The molecule has 8 heteroatoms. The lowest BCUT2D eigenvalue weighted by molar-refractivity contribution is -0.0123. The highest BCUT2D eigenvalue weighted by atomic mass is 16.7. The minimum absolute atomic E-state index is 0.656. The minimum atomic E-state index is -1.23. The first-order valence-corrected chi connectivity index (χ1v) is 54.0. The Hall–Kier alpha value is -18.8. The van der Waals surface area contributed by atoms with Crippen LogP contribution < -0.4 is 18.9 Å². The predicted octanol–water partition coefficient (Wildman–Crippen LogP) is 36.0. The number of hydrogen-bond donors (Lipinski definition) is 0. The maximum absolute atomic E-state index is 9.17. The van der Waals surface area contributed by atoms with Crippen LogP contribution in [0.1, 0.15) is 55.6 Å². The molecule has 0 saturated heterocycles. The average molecular weight is 1820 g/mol. The van der Waals surface area contributed by atoms with E-state index in [0.29, 0.717) is 23.0 Å². The fourth-order valence-electron chi connectivity index (χ4n) is 51.7. The van der Waals surface area contributed by atoms with Crippen LogP contribution in [0.4, 0.5) is 0 Å². The smallest absolute Gasteiger partial charge is 0.209 e. The molecule has 0 amide bonds. The van der Waals surface area contributed by atoms with Gasteiger partial charge in [0, 0.05) is 33.4 Å². The van der Waals surface area contributed by atoms with Crippen LogP contribution in [0, 0.1) is 0 Å². The molecule has 148 heavy (non-hydrogen) atoms. The number of benzene rings is 39. The Kier molecular flexibility index (Phi) is 4.86. The normalized spacial score (nSPS) is 21.9. The van der Waals surface area contributed by atoms with Crippen LogP contribution in [0.15, 0.2) is 34.6 Å². The zero-order valence-corrected chi connectivity index (χ0v) is 75.7. The molecule has 0 saturated carbocycles. The third kappa shape index (κ3) is 3.05. The van der Waals surface area contributed by atoms with Gasteiger partial charge >= 0.3 is 0 Å². The fourth-order valence-corrected chi connectivity index (χ4v) is 51.7. The van der Waals surface area contributed by atoms with Crippen LogP contribution in [0.2, 0.25) is 0 Å². The van der Waals surface area contributed by atoms with Crippen molar-refractivity contribution in [2.75, 3.05) is 28.4 Å². The summed E-state index contributed by atoms with van der Waals surface area (Å²) in [6.07, 6.45) is 0. The second kappa shape index (κ2) is 12.9. The van der Waals surface area contributed by atoms with Gasteiger partial charge in [0.1, 0.15) is 22.3 Å². The van der Waals surface area contributed by atoms with E-state index in [9.17, 15) is 0 Å². The zero-order chi connectivity index (χ0) is 88.4. The van der Waals surface area contributed by atoms with E-state index in [-0.39, 0.29) is 0 Å². The zero-order valence-electron chi connectivity index (χ0n) is 75.7. The summed E-state index contributed by atoms with van der Waals surface area (Å²) in [7, 11) is 7.51. The first-order valence-electron chi connectivity index (χ1n) is 54.0. The van der Waals surface area contributed by atoms with Crippen LogP contribution >= 0.6 is 0 Å². The number of oxime groups is 2. The molecule has 0 bridgehead atoms. The molecule has 622 valence electrons. The van der Waals surface area contributed by atoms with Gasteiger partial charge in [-0.25, -0.2) is 0 Å². The molecule has 69 rings (SSSR count). The topological polar surface area (TPSA) is 80.1 Å². The Bertz CT molecular complexity index is 16200. The summed E-state index contributed by atoms with van der Waals surface area (Å²) in [5.41, 5.74) is 10.6. The van der Waals surface area contributed by atoms with Crippen molar-refractivity contribution in [2.45, 2.75) is 22.0 Å². The Morgan fingerprint density at radius 3 is 0.331 bits per heavy atom. The van der Waals surface area contributed by atoms with Crippen molar-refractivity contribution in [2.24, 2.45) is 10.3 Å². The van der Waals surface area contributed by atoms with E-state index in [1.807, 2.05) is 28.4 Å². The second-order valence-electron chi connectivity index (χ2n) is 52.7. The average Bonchev–Trinajstić information content (AvgIpc) is 1.38. The molecule has 8 aliphatic carbocycles. The highest BCUT2D eigenvalue weighted by molar-refractivity contribution is 6.88. The molecule has 8 nitrogen and oxygen atoms in total. The number of nitrogens with zero attached hydrogens (tertiary/aromatic N) is 2. The van der Waals surface area contributed by atoms with Crippen LogP contribution in [0.25, 0.3) is 603 Å². The molecule has 2 heterocycles. The summed E-state index contributed by atoms with van der Waals surface area (Å²) in [5.74, 6) is 2.63. The summed E-state index contributed by atoms with van der Waals surface area (Å²) in [5, 5.41) is 184. The summed E-state index contributed by atoms with van der Waals surface area (Å²) in [6.45, 7) is 0. The summed E-state index contributed by atoms with van der Waals surface area (Å²) >= 11 is 0. The van der Waals surface area contributed by atoms with E-state index in [1.54, 1.807) is 302 Å².